The molecule has 4 N–H and O–H groups in total. The second kappa shape index (κ2) is 5.47. The number of hydrogen-bond acceptors (Lipinski definition) is 4. The van der Waals surface area contributed by atoms with Crippen LogP contribution in [0, 0.1) is 12.3 Å². The van der Waals surface area contributed by atoms with Gasteiger partial charge in [0.1, 0.15) is 0 Å². The van der Waals surface area contributed by atoms with Crippen molar-refractivity contribution in [3.63, 3.8) is 0 Å². The first-order valence-corrected chi connectivity index (χ1v) is 8.98. The van der Waals surface area contributed by atoms with Crippen molar-refractivity contribution in [1.29, 1.82) is 0 Å². The standard InChI is InChI=1S/C19H29N3O/c1-14-9-16(22-5-2-7-23-8-6-22)3-4-17(14)19(21)12-18(13-19)10-15(20)11-18/h3-4,9,15H,2,5-8,10-13,20-21H2,1H3. The molecule has 1 heterocycles. The molecule has 0 atom stereocenters. The third-order valence-electron chi connectivity index (χ3n) is 6.11. The summed E-state index contributed by atoms with van der Waals surface area (Å²) >= 11 is 0. The Morgan fingerprint density at radius 3 is 2.65 bits per heavy atom. The van der Waals surface area contributed by atoms with Crippen molar-refractivity contribution in [2.24, 2.45) is 16.9 Å². The minimum absolute atomic E-state index is 0.134. The van der Waals surface area contributed by atoms with Gasteiger partial charge in [0, 0.05) is 37.0 Å². The molecule has 0 amide bonds. The zero-order chi connectivity index (χ0) is 16.1. The molecule has 1 aromatic rings. The van der Waals surface area contributed by atoms with E-state index in [2.05, 4.69) is 30.0 Å². The van der Waals surface area contributed by atoms with Gasteiger partial charge in [0.15, 0.2) is 0 Å². The molecule has 4 heteroatoms. The third-order valence-corrected chi connectivity index (χ3v) is 6.11. The maximum absolute atomic E-state index is 6.73. The van der Waals surface area contributed by atoms with Gasteiger partial charge in [0.25, 0.3) is 0 Å². The van der Waals surface area contributed by atoms with Crippen molar-refractivity contribution >= 4 is 5.69 Å². The highest BCUT2D eigenvalue weighted by Gasteiger charge is 2.58. The number of hydrogen-bond donors (Lipinski definition) is 2. The second-order valence-corrected chi connectivity index (χ2v) is 8.13. The smallest absolute Gasteiger partial charge is 0.0641 e. The predicted molar refractivity (Wildman–Crippen MR) is 93.6 cm³/mol. The number of benzene rings is 1. The first-order valence-electron chi connectivity index (χ1n) is 8.98. The predicted octanol–water partition coefficient (Wildman–Crippen LogP) is 2.28. The molecule has 126 valence electrons. The topological polar surface area (TPSA) is 64.5 Å². The Balaban J connectivity index is 1.50. The molecule has 3 aliphatic rings. The fourth-order valence-electron chi connectivity index (χ4n) is 5.23. The molecule has 23 heavy (non-hydrogen) atoms. The zero-order valence-corrected chi connectivity index (χ0v) is 14.2. The SMILES string of the molecule is Cc1cc(N2CCCOCC2)ccc1C1(N)CC2(CC(N)C2)C1. The number of rotatable bonds is 2. The van der Waals surface area contributed by atoms with Gasteiger partial charge in [-0.3, -0.25) is 0 Å². The van der Waals surface area contributed by atoms with E-state index < -0.39 is 0 Å². The van der Waals surface area contributed by atoms with Crippen LogP contribution in [0.1, 0.15) is 43.2 Å². The van der Waals surface area contributed by atoms with E-state index in [4.69, 9.17) is 16.2 Å². The van der Waals surface area contributed by atoms with Crippen LogP contribution in [0.5, 0.6) is 0 Å². The second-order valence-electron chi connectivity index (χ2n) is 8.13. The summed E-state index contributed by atoms with van der Waals surface area (Å²) in [5, 5.41) is 0. The number of anilines is 1. The number of nitrogens with zero attached hydrogens (tertiary/aromatic N) is 1. The fourth-order valence-corrected chi connectivity index (χ4v) is 5.23. The molecule has 2 aliphatic carbocycles. The van der Waals surface area contributed by atoms with Gasteiger partial charge in [-0.25, -0.2) is 0 Å². The molecule has 1 spiro atoms. The minimum atomic E-state index is -0.134. The van der Waals surface area contributed by atoms with Crippen molar-refractivity contribution in [1.82, 2.24) is 0 Å². The number of aryl methyl sites for hydroxylation is 1. The highest BCUT2D eigenvalue weighted by Crippen LogP contribution is 2.62. The first-order chi connectivity index (χ1) is 11.0. The molecule has 1 saturated heterocycles. The molecule has 3 fully saturated rings. The molecule has 2 saturated carbocycles. The molecule has 0 unspecified atom stereocenters. The summed E-state index contributed by atoms with van der Waals surface area (Å²) in [5.41, 5.74) is 17.0. The summed E-state index contributed by atoms with van der Waals surface area (Å²) < 4.78 is 5.56. The Hall–Kier alpha value is -1.10. The van der Waals surface area contributed by atoms with E-state index in [0.717, 1.165) is 58.4 Å². The molecule has 1 aromatic carbocycles. The van der Waals surface area contributed by atoms with Gasteiger partial charge in [-0.15, -0.1) is 0 Å². The van der Waals surface area contributed by atoms with Crippen molar-refractivity contribution in [3.05, 3.63) is 29.3 Å². The van der Waals surface area contributed by atoms with Gasteiger partial charge < -0.3 is 21.1 Å². The summed E-state index contributed by atoms with van der Waals surface area (Å²) in [5.74, 6) is 0. The minimum Gasteiger partial charge on any atom is -0.380 e. The van der Waals surface area contributed by atoms with Gasteiger partial charge >= 0.3 is 0 Å². The number of ether oxygens (including phenoxy) is 1. The van der Waals surface area contributed by atoms with Gasteiger partial charge in [-0.2, -0.15) is 0 Å². The Bertz CT molecular complexity index is 578. The van der Waals surface area contributed by atoms with Crippen molar-refractivity contribution in [3.8, 4) is 0 Å². The molecule has 1 aliphatic heterocycles. The van der Waals surface area contributed by atoms with Gasteiger partial charge in [0.05, 0.1) is 6.61 Å². The largest absolute Gasteiger partial charge is 0.380 e. The van der Waals surface area contributed by atoms with Crippen molar-refractivity contribution < 1.29 is 4.74 Å². The van der Waals surface area contributed by atoms with Crippen LogP contribution < -0.4 is 16.4 Å². The third kappa shape index (κ3) is 2.67. The summed E-state index contributed by atoms with van der Waals surface area (Å²) in [6.07, 6.45) is 5.63. The summed E-state index contributed by atoms with van der Waals surface area (Å²) in [6.45, 7) is 5.97. The van der Waals surface area contributed by atoms with E-state index in [9.17, 15) is 0 Å². The monoisotopic (exact) mass is 315 g/mol. The van der Waals surface area contributed by atoms with Crippen molar-refractivity contribution in [2.75, 3.05) is 31.2 Å². The van der Waals surface area contributed by atoms with Crippen LogP contribution in [0.25, 0.3) is 0 Å². The van der Waals surface area contributed by atoms with Crippen molar-refractivity contribution in [2.45, 2.75) is 50.6 Å². The lowest BCUT2D eigenvalue weighted by Gasteiger charge is -2.62. The van der Waals surface area contributed by atoms with E-state index in [1.54, 1.807) is 0 Å². The lowest BCUT2D eigenvalue weighted by molar-refractivity contribution is -0.0592. The quantitative estimate of drug-likeness (QED) is 0.879. The lowest BCUT2D eigenvalue weighted by atomic mass is 9.46. The highest BCUT2D eigenvalue weighted by molar-refractivity contribution is 5.53. The molecule has 4 rings (SSSR count). The Labute approximate surface area is 139 Å². The zero-order valence-electron chi connectivity index (χ0n) is 14.2. The molecule has 0 aromatic heterocycles. The maximum Gasteiger partial charge on any atom is 0.0641 e. The first kappa shape index (κ1) is 15.4. The van der Waals surface area contributed by atoms with Crippen LogP contribution in [0.15, 0.2) is 18.2 Å². The van der Waals surface area contributed by atoms with Crippen LogP contribution in [0.4, 0.5) is 5.69 Å². The van der Waals surface area contributed by atoms with E-state index in [-0.39, 0.29) is 5.54 Å². The Kier molecular flexibility index (Phi) is 3.67. The van der Waals surface area contributed by atoms with Gasteiger partial charge in [-0.1, -0.05) is 6.07 Å². The summed E-state index contributed by atoms with van der Waals surface area (Å²) in [7, 11) is 0. The van der Waals surface area contributed by atoms with Crippen LogP contribution in [0.3, 0.4) is 0 Å². The summed E-state index contributed by atoms with van der Waals surface area (Å²) in [4.78, 5) is 2.43. The van der Waals surface area contributed by atoms with Gasteiger partial charge in [-0.05, 0) is 67.7 Å². The average Bonchev–Trinajstić information content (AvgIpc) is 2.72. The average molecular weight is 315 g/mol. The normalized spacial score (nSPS) is 37.2. The van der Waals surface area contributed by atoms with Crippen LogP contribution in [-0.4, -0.2) is 32.3 Å². The van der Waals surface area contributed by atoms with E-state index >= 15 is 0 Å². The van der Waals surface area contributed by atoms with Gasteiger partial charge in [0.2, 0.25) is 0 Å². The molecule has 0 bridgehead atoms. The van der Waals surface area contributed by atoms with Crippen LogP contribution in [-0.2, 0) is 10.3 Å². The molecule has 4 nitrogen and oxygen atoms in total. The maximum atomic E-state index is 6.73. The Morgan fingerprint density at radius 2 is 1.96 bits per heavy atom. The Morgan fingerprint density at radius 1 is 1.17 bits per heavy atom. The molecule has 0 radical (unpaired) electrons. The highest BCUT2D eigenvalue weighted by atomic mass is 16.5. The molecular weight excluding hydrogens is 286 g/mol. The molecular formula is C19H29N3O. The van der Waals surface area contributed by atoms with E-state index in [1.807, 2.05) is 0 Å². The number of nitrogens with two attached hydrogens (primary N) is 2. The fraction of sp³-hybridized carbons (Fsp3) is 0.684. The lowest BCUT2D eigenvalue weighted by Crippen LogP contribution is -2.63. The van der Waals surface area contributed by atoms with Crippen LogP contribution >= 0.6 is 0 Å². The van der Waals surface area contributed by atoms with Crippen LogP contribution in [0.2, 0.25) is 0 Å². The van der Waals surface area contributed by atoms with E-state index in [0.29, 0.717) is 11.5 Å². The van der Waals surface area contributed by atoms with E-state index in [1.165, 1.54) is 16.8 Å². The summed E-state index contributed by atoms with van der Waals surface area (Å²) in [6, 6.07) is 7.24.